The van der Waals surface area contributed by atoms with Crippen molar-refractivity contribution in [3.8, 4) is 11.5 Å². The van der Waals surface area contributed by atoms with Crippen molar-refractivity contribution < 1.29 is 4.74 Å². The molecule has 4 heteroatoms. The van der Waals surface area contributed by atoms with Crippen molar-refractivity contribution in [2.75, 3.05) is 0 Å². The molecule has 110 valence electrons. The van der Waals surface area contributed by atoms with Crippen molar-refractivity contribution in [2.24, 2.45) is 0 Å². The molecule has 0 aliphatic carbocycles. The maximum absolute atomic E-state index is 5.85. The van der Waals surface area contributed by atoms with Gasteiger partial charge in [-0.15, -0.1) is 25.3 Å². The molecule has 1 nitrogen and oxygen atoms in total. The summed E-state index contributed by atoms with van der Waals surface area (Å²) >= 11 is 10.4. The van der Waals surface area contributed by atoms with Crippen LogP contribution in [0.15, 0.2) is 92.4 Å². The van der Waals surface area contributed by atoms with Crippen LogP contribution in [-0.4, -0.2) is 0 Å². The second-order valence-electron chi connectivity index (χ2n) is 4.64. The third-order valence-corrected chi connectivity index (χ3v) is 4.62. The Labute approximate surface area is 145 Å². The lowest BCUT2D eigenvalue weighted by Gasteiger charge is -2.09. The van der Waals surface area contributed by atoms with E-state index in [1.807, 2.05) is 48.5 Å². The van der Waals surface area contributed by atoms with E-state index in [-0.39, 0.29) is 0 Å². The fourth-order valence-electron chi connectivity index (χ4n) is 1.92. The fraction of sp³-hybridized carbons (Fsp3) is 0. The summed E-state index contributed by atoms with van der Waals surface area (Å²) in [6, 6.07) is 24.0. The number of thiol groups is 2. The summed E-state index contributed by atoms with van der Waals surface area (Å²) in [4.78, 5) is 4.04. The Hall–Kier alpha value is -1.49. The molecule has 0 amide bonds. The van der Waals surface area contributed by atoms with Crippen molar-refractivity contribution in [1.29, 1.82) is 0 Å². The number of hydrogen-bond acceptors (Lipinski definition) is 4. The molecule has 0 radical (unpaired) electrons. The van der Waals surface area contributed by atoms with Gasteiger partial charge < -0.3 is 4.74 Å². The van der Waals surface area contributed by atoms with Crippen molar-refractivity contribution in [1.82, 2.24) is 0 Å². The first-order valence-corrected chi connectivity index (χ1v) is 8.44. The van der Waals surface area contributed by atoms with Crippen LogP contribution in [0.5, 0.6) is 11.5 Å². The van der Waals surface area contributed by atoms with Crippen molar-refractivity contribution >= 4 is 37.0 Å². The van der Waals surface area contributed by atoms with Gasteiger partial charge >= 0.3 is 0 Å². The minimum absolute atomic E-state index is 0.726. The molecule has 0 bridgehead atoms. The lowest BCUT2D eigenvalue weighted by atomic mass is 10.3. The van der Waals surface area contributed by atoms with E-state index in [1.54, 1.807) is 11.8 Å². The van der Waals surface area contributed by atoms with Gasteiger partial charge in [-0.2, -0.15) is 0 Å². The van der Waals surface area contributed by atoms with Gasteiger partial charge in [-0.3, -0.25) is 0 Å². The molecule has 22 heavy (non-hydrogen) atoms. The number of ether oxygens (including phenoxy) is 1. The summed E-state index contributed by atoms with van der Waals surface area (Å²) < 4.78 is 5.85. The largest absolute Gasteiger partial charge is 0.456 e. The zero-order chi connectivity index (χ0) is 15.4. The molecule has 0 aromatic heterocycles. The minimum atomic E-state index is 0.726. The molecule has 3 aromatic rings. The van der Waals surface area contributed by atoms with E-state index in [2.05, 4.69) is 49.5 Å². The summed E-state index contributed by atoms with van der Waals surface area (Å²) in [5.74, 6) is 1.52. The van der Waals surface area contributed by atoms with Crippen LogP contribution in [-0.2, 0) is 0 Å². The predicted molar refractivity (Wildman–Crippen MR) is 98.0 cm³/mol. The van der Waals surface area contributed by atoms with Gasteiger partial charge in [-0.05, 0) is 54.6 Å². The van der Waals surface area contributed by atoms with Crippen LogP contribution < -0.4 is 4.74 Å². The highest BCUT2D eigenvalue weighted by atomic mass is 32.2. The van der Waals surface area contributed by atoms with E-state index in [0.29, 0.717) is 0 Å². The van der Waals surface area contributed by atoms with Gasteiger partial charge in [0.15, 0.2) is 0 Å². The minimum Gasteiger partial charge on any atom is -0.456 e. The smallest absolute Gasteiger partial charge is 0.140 e. The third kappa shape index (κ3) is 4.03. The highest BCUT2D eigenvalue weighted by molar-refractivity contribution is 7.99. The van der Waals surface area contributed by atoms with Gasteiger partial charge in [0.2, 0.25) is 0 Å². The lowest BCUT2D eigenvalue weighted by Crippen LogP contribution is -1.86. The van der Waals surface area contributed by atoms with Crippen LogP contribution in [0, 0.1) is 0 Å². The summed E-state index contributed by atoms with van der Waals surface area (Å²) in [6.07, 6.45) is 0. The molecule has 3 rings (SSSR count). The Morgan fingerprint density at radius 3 is 2.09 bits per heavy atom. The van der Waals surface area contributed by atoms with Gasteiger partial charge in [-0.25, -0.2) is 0 Å². The van der Waals surface area contributed by atoms with E-state index in [1.165, 1.54) is 9.79 Å². The molecule has 0 N–H and O–H groups in total. The lowest BCUT2D eigenvalue weighted by molar-refractivity contribution is 0.470. The summed E-state index contributed by atoms with van der Waals surface area (Å²) in [5.41, 5.74) is 0. The van der Waals surface area contributed by atoms with Crippen LogP contribution >= 0.6 is 37.0 Å². The molecule has 0 saturated carbocycles. The van der Waals surface area contributed by atoms with Gasteiger partial charge in [0.25, 0.3) is 0 Å². The number of hydrogen-bond donors (Lipinski definition) is 2. The predicted octanol–water partition coefficient (Wildman–Crippen LogP) is 6.21. The zero-order valence-electron chi connectivity index (χ0n) is 11.6. The first-order valence-electron chi connectivity index (χ1n) is 6.73. The van der Waals surface area contributed by atoms with Crippen LogP contribution in [0.4, 0.5) is 0 Å². The molecular weight excluding hydrogens is 328 g/mol. The van der Waals surface area contributed by atoms with Gasteiger partial charge in [0, 0.05) is 19.6 Å². The highest BCUT2D eigenvalue weighted by Gasteiger charge is 2.03. The summed E-state index contributed by atoms with van der Waals surface area (Å²) in [6.45, 7) is 0. The second kappa shape index (κ2) is 7.18. The number of benzene rings is 3. The van der Waals surface area contributed by atoms with Crippen molar-refractivity contribution in [2.45, 2.75) is 19.6 Å². The van der Waals surface area contributed by atoms with Gasteiger partial charge in [-0.1, -0.05) is 30.0 Å². The Bertz CT molecular complexity index is 755. The van der Waals surface area contributed by atoms with E-state index in [4.69, 9.17) is 4.74 Å². The Morgan fingerprint density at radius 2 is 1.41 bits per heavy atom. The molecule has 0 aliphatic heterocycles. The average Bonchev–Trinajstić information content (AvgIpc) is 2.53. The zero-order valence-corrected chi connectivity index (χ0v) is 14.2. The van der Waals surface area contributed by atoms with Crippen LogP contribution in [0.1, 0.15) is 0 Å². The number of rotatable bonds is 4. The maximum Gasteiger partial charge on any atom is 0.140 e. The van der Waals surface area contributed by atoms with Crippen LogP contribution in [0.25, 0.3) is 0 Å². The molecule has 0 saturated heterocycles. The van der Waals surface area contributed by atoms with Gasteiger partial charge in [0.05, 0.1) is 0 Å². The molecule has 0 atom stereocenters. The molecule has 0 aliphatic rings. The van der Waals surface area contributed by atoms with E-state index in [0.717, 1.165) is 21.3 Å². The third-order valence-electron chi connectivity index (χ3n) is 2.97. The monoisotopic (exact) mass is 342 g/mol. The molecule has 0 spiro atoms. The average molecular weight is 343 g/mol. The second-order valence-corrected chi connectivity index (χ2v) is 6.79. The SMILES string of the molecule is Sc1ccc(Oc2ccc(Sc3ccccc3)cc2)c(S)c1. The molecule has 3 aromatic carbocycles. The van der Waals surface area contributed by atoms with E-state index >= 15 is 0 Å². The summed E-state index contributed by atoms with van der Waals surface area (Å²) in [5, 5.41) is 0. The molecule has 0 unspecified atom stereocenters. The Balaban J connectivity index is 1.71. The van der Waals surface area contributed by atoms with Crippen LogP contribution in [0.3, 0.4) is 0 Å². The first-order chi connectivity index (χ1) is 10.7. The molecular formula is C18H14OS3. The fourth-order valence-corrected chi connectivity index (χ4v) is 3.32. The van der Waals surface area contributed by atoms with E-state index < -0.39 is 0 Å². The first kappa shape index (κ1) is 15.4. The quantitative estimate of drug-likeness (QED) is 0.546. The van der Waals surface area contributed by atoms with Crippen molar-refractivity contribution in [3.05, 3.63) is 72.8 Å². The normalized spacial score (nSPS) is 10.5. The Kier molecular flexibility index (Phi) is 5.03. The molecule has 0 fully saturated rings. The van der Waals surface area contributed by atoms with Crippen molar-refractivity contribution in [3.63, 3.8) is 0 Å². The van der Waals surface area contributed by atoms with Crippen LogP contribution in [0.2, 0.25) is 0 Å². The standard InChI is InChI=1S/C18H14OS3/c20-14-8-11-17(18(21)12-14)19-13-6-9-16(10-7-13)22-15-4-2-1-3-5-15/h1-12,20-21H. The topological polar surface area (TPSA) is 9.23 Å². The Morgan fingerprint density at radius 1 is 0.727 bits per heavy atom. The maximum atomic E-state index is 5.85. The highest BCUT2D eigenvalue weighted by Crippen LogP contribution is 2.32. The van der Waals surface area contributed by atoms with Gasteiger partial charge in [0.1, 0.15) is 11.5 Å². The van der Waals surface area contributed by atoms with E-state index in [9.17, 15) is 0 Å². The molecule has 0 heterocycles. The summed E-state index contributed by atoms with van der Waals surface area (Å²) in [7, 11) is 0.